The van der Waals surface area contributed by atoms with Crippen molar-refractivity contribution in [3.8, 4) is 0 Å². The quantitative estimate of drug-likeness (QED) is 0.726. The minimum Gasteiger partial charge on any atom is -0.396 e. The molecule has 0 aliphatic heterocycles. The lowest BCUT2D eigenvalue weighted by molar-refractivity contribution is -0.136. The summed E-state index contributed by atoms with van der Waals surface area (Å²) in [6.07, 6.45) is 0.345. The summed E-state index contributed by atoms with van der Waals surface area (Å²) >= 11 is 5.80. The molecule has 0 heterocycles. The van der Waals surface area contributed by atoms with E-state index >= 15 is 0 Å². The second kappa shape index (κ2) is 7.95. The summed E-state index contributed by atoms with van der Waals surface area (Å²) in [5.41, 5.74) is 0.0278. The number of carbonyl (C=O) groups excluding carboxylic acids is 2. The second-order valence-electron chi connectivity index (χ2n) is 4.91. The molecule has 1 rings (SSSR count). The third kappa shape index (κ3) is 5.32. The van der Waals surface area contributed by atoms with Crippen LogP contribution in [0.25, 0.3) is 0 Å². The summed E-state index contributed by atoms with van der Waals surface area (Å²) in [7, 11) is 0. The Labute approximate surface area is 127 Å². The van der Waals surface area contributed by atoms with Crippen LogP contribution in [0, 0.1) is 11.7 Å². The normalized spacial score (nSPS) is 12.1. The lowest BCUT2D eigenvalue weighted by atomic mass is 10.0. The van der Waals surface area contributed by atoms with Gasteiger partial charge < -0.3 is 15.7 Å². The SMILES string of the molecule is CC(C)C(CCO)NC(=O)C(=O)Nc1cc(F)ccc1Cl. The molecule has 7 heteroatoms. The van der Waals surface area contributed by atoms with Gasteiger partial charge in [0.15, 0.2) is 0 Å². The van der Waals surface area contributed by atoms with Gasteiger partial charge in [0.2, 0.25) is 0 Å². The highest BCUT2D eigenvalue weighted by Gasteiger charge is 2.21. The summed E-state index contributed by atoms with van der Waals surface area (Å²) < 4.78 is 13.1. The second-order valence-corrected chi connectivity index (χ2v) is 5.32. The van der Waals surface area contributed by atoms with Gasteiger partial charge in [-0.25, -0.2) is 4.39 Å². The fraction of sp³-hybridized carbons (Fsp3) is 0.429. The van der Waals surface area contributed by atoms with Crippen molar-refractivity contribution < 1.29 is 19.1 Å². The molecule has 5 nitrogen and oxygen atoms in total. The Morgan fingerprint density at radius 1 is 1.33 bits per heavy atom. The number of amides is 2. The molecule has 0 saturated carbocycles. The van der Waals surface area contributed by atoms with Crippen LogP contribution in [0.3, 0.4) is 0 Å². The fourth-order valence-electron chi connectivity index (χ4n) is 1.72. The maximum atomic E-state index is 13.1. The summed E-state index contributed by atoms with van der Waals surface area (Å²) in [6.45, 7) is 3.63. The Kier molecular flexibility index (Phi) is 6.58. The molecule has 21 heavy (non-hydrogen) atoms. The first-order chi connectivity index (χ1) is 9.85. The average Bonchev–Trinajstić information content (AvgIpc) is 2.42. The van der Waals surface area contributed by atoms with Gasteiger partial charge >= 0.3 is 11.8 Å². The molecule has 2 amide bonds. The number of rotatable bonds is 5. The van der Waals surface area contributed by atoms with Gasteiger partial charge in [0.05, 0.1) is 10.7 Å². The lowest BCUT2D eigenvalue weighted by Gasteiger charge is -2.21. The highest BCUT2D eigenvalue weighted by atomic mass is 35.5. The van der Waals surface area contributed by atoms with Crippen LogP contribution in [0.2, 0.25) is 5.02 Å². The van der Waals surface area contributed by atoms with Gasteiger partial charge in [0.1, 0.15) is 5.82 Å². The maximum absolute atomic E-state index is 13.1. The molecule has 0 saturated heterocycles. The first-order valence-corrected chi connectivity index (χ1v) is 6.90. The van der Waals surface area contributed by atoms with Crippen molar-refractivity contribution >= 4 is 29.1 Å². The Morgan fingerprint density at radius 2 is 2.00 bits per heavy atom. The van der Waals surface area contributed by atoms with Crippen LogP contribution in [0.5, 0.6) is 0 Å². The molecule has 0 aromatic heterocycles. The lowest BCUT2D eigenvalue weighted by Crippen LogP contribution is -2.44. The molecule has 0 aliphatic carbocycles. The van der Waals surface area contributed by atoms with Gasteiger partial charge in [-0.15, -0.1) is 0 Å². The van der Waals surface area contributed by atoms with Gasteiger partial charge in [-0.1, -0.05) is 25.4 Å². The van der Waals surface area contributed by atoms with Gasteiger partial charge in [0.25, 0.3) is 0 Å². The van der Waals surface area contributed by atoms with Crippen LogP contribution < -0.4 is 10.6 Å². The first kappa shape index (κ1) is 17.4. The molecule has 0 fully saturated rings. The summed E-state index contributed by atoms with van der Waals surface area (Å²) in [4.78, 5) is 23.6. The molecule has 0 radical (unpaired) electrons. The van der Waals surface area contributed by atoms with E-state index in [4.69, 9.17) is 16.7 Å². The zero-order valence-corrected chi connectivity index (χ0v) is 12.6. The fourth-order valence-corrected chi connectivity index (χ4v) is 1.88. The van der Waals surface area contributed by atoms with Crippen molar-refractivity contribution in [2.45, 2.75) is 26.3 Å². The van der Waals surface area contributed by atoms with Crippen LogP contribution in [0.1, 0.15) is 20.3 Å². The molecule has 0 bridgehead atoms. The van der Waals surface area contributed by atoms with Gasteiger partial charge in [-0.3, -0.25) is 9.59 Å². The van der Waals surface area contributed by atoms with Crippen LogP contribution in [0.4, 0.5) is 10.1 Å². The van der Waals surface area contributed by atoms with E-state index in [-0.39, 0.29) is 29.3 Å². The minimum atomic E-state index is -0.939. The smallest absolute Gasteiger partial charge is 0.313 e. The van der Waals surface area contributed by atoms with Crippen LogP contribution >= 0.6 is 11.6 Å². The third-order valence-electron chi connectivity index (χ3n) is 2.94. The number of hydrogen-bond donors (Lipinski definition) is 3. The topological polar surface area (TPSA) is 78.4 Å². The molecule has 116 valence electrons. The molecule has 1 atom stereocenters. The van der Waals surface area contributed by atoms with E-state index < -0.39 is 17.6 Å². The van der Waals surface area contributed by atoms with Crippen LogP contribution in [-0.2, 0) is 9.59 Å². The van der Waals surface area contributed by atoms with Gasteiger partial charge in [-0.05, 0) is 30.5 Å². The standard InChI is InChI=1S/C14H18ClFN2O3/c1-8(2)11(5-6-19)17-13(20)14(21)18-12-7-9(16)3-4-10(12)15/h3-4,7-8,11,19H,5-6H2,1-2H3,(H,17,20)(H,18,21). The van der Waals surface area contributed by atoms with E-state index in [9.17, 15) is 14.0 Å². The van der Waals surface area contributed by atoms with Crippen molar-refractivity contribution in [1.29, 1.82) is 0 Å². The van der Waals surface area contributed by atoms with E-state index in [2.05, 4.69) is 10.6 Å². The maximum Gasteiger partial charge on any atom is 0.313 e. The number of aliphatic hydroxyl groups is 1. The van der Waals surface area contributed by atoms with E-state index in [1.54, 1.807) is 0 Å². The first-order valence-electron chi connectivity index (χ1n) is 6.53. The van der Waals surface area contributed by atoms with Crippen molar-refractivity contribution in [2.75, 3.05) is 11.9 Å². The number of halogens is 2. The number of benzene rings is 1. The molecule has 0 spiro atoms. The predicted molar refractivity (Wildman–Crippen MR) is 78.5 cm³/mol. The van der Waals surface area contributed by atoms with Crippen molar-refractivity contribution in [3.05, 3.63) is 29.0 Å². The van der Waals surface area contributed by atoms with Crippen LogP contribution in [0.15, 0.2) is 18.2 Å². The third-order valence-corrected chi connectivity index (χ3v) is 3.27. The van der Waals surface area contributed by atoms with Crippen LogP contribution in [-0.4, -0.2) is 29.6 Å². The largest absolute Gasteiger partial charge is 0.396 e. The van der Waals surface area contributed by atoms with Gasteiger partial charge in [0, 0.05) is 12.6 Å². The number of hydrogen-bond acceptors (Lipinski definition) is 3. The van der Waals surface area contributed by atoms with Gasteiger partial charge in [-0.2, -0.15) is 0 Å². The molecule has 0 aliphatic rings. The number of carbonyl (C=O) groups is 2. The summed E-state index contributed by atoms with van der Waals surface area (Å²) in [5, 5.41) is 13.8. The highest BCUT2D eigenvalue weighted by Crippen LogP contribution is 2.22. The molecule has 1 aromatic carbocycles. The van der Waals surface area contributed by atoms with Crippen molar-refractivity contribution in [2.24, 2.45) is 5.92 Å². The Balaban J connectivity index is 2.70. The van der Waals surface area contributed by atoms with Crippen molar-refractivity contribution in [3.63, 3.8) is 0 Å². The number of anilines is 1. The average molecular weight is 317 g/mol. The molecular formula is C14H18ClFN2O3. The van der Waals surface area contributed by atoms with E-state index in [0.29, 0.717) is 6.42 Å². The zero-order valence-electron chi connectivity index (χ0n) is 11.8. The Morgan fingerprint density at radius 3 is 2.57 bits per heavy atom. The number of nitrogens with one attached hydrogen (secondary N) is 2. The van der Waals surface area contributed by atoms with E-state index in [0.717, 1.165) is 12.1 Å². The molecule has 1 unspecified atom stereocenters. The summed E-state index contributed by atoms with van der Waals surface area (Å²) in [5.74, 6) is -2.31. The number of aliphatic hydroxyl groups excluding tert-OH is 1. The highest BCUT2D eigenvalue weighted by molar-refractivity contribution is 6.41. The summed E-state index contributed by atoms with van der Waals surface area (Å²) in [6, 6.07) is 3.14. The monoisotopic (exact) mass is 316 g/mol. The zero-order chi connectivity index (χ0) is 16.0. The molecular weight excluding hydrogens is 299 g/mol. The molecule has 1 aromatic rings. The van der Waals surface area contributed by atoms with E-state index in [1.165, 1.54) is 6.07 Å². The van der Waals surface area contributed by atoms with E-state index in [1.807, 2.05) is 13.8 Å². The Bertz CT molecular complexity index is 523. The minimum absolute atomic E-state index is 0.0278. The Hall–Kier alpha value is -1.66. The predicted octanol–water partition coefficient (Wildman–Crippen LogP) is 1.94. The van der Waals surface area contributed by atoms with Crippen molar-refractivity contribution in [1.82, 2.24) is 5.32 Å². The molecule has 3 N–H and O–H groups in total.